The molecule has 3 heteroatoms. The second-order valence-corrected chi connectivity index (χ2v) is 6.85. The fraction of sp³-hybridized carbons (Fsp3) is 0.929. The molecule has 94 valence electrons. The first-order valence-electron chi connectivity index (χ1n) is 7.25. The molecule has 0 aromatic heterocycles. The van der Waals surface area contributed by atoms with E-state index in [-0.39, 0.29) is 11.4 Å². The molecule has 3 nitrogen and oxygen atoms in total. The summed E-state index contributed by atoms with van der Waals surface area (Å²) >= 11 is 0. The van der Waals surface area contributed by atoms with Gasteiger partial charge in [-0.25, -0.2) is 0 Å². The van der Waals surface area contributed by atoms with E-state index < -0.39 is 0 Å². The van der Waals surface area contributed by atoms with E-state index in [1.165, 1.54) is 19.3 Å². The third kappa shape index (κ3) is 1.35. The Morgan fingerprint density at radius 1 is 1.29 bits per heavy atom. The molecule has 1 amide bonds. The Balaban J connectivity index is 1.42. The minimum atomic E-state index is -0.282. The van der Waals surface area contributed by atoms with Gasteiger partial charge in [0.1, 0.15) is 0 Å². The van der Waals surface area contributed by atoms with Gasteiger partial charge >= 0.3 is 0 Å². The molecular formula is C14H22N2O. The molecule has 17 heavy (non-hydrogen) atoms. The van der Waals surface area contributed by atoms with Crippen LogP contribution >= 0.6 is 0 Å². The predicted molar refractivity (Wildman–Crippen MR) is 65.4 cm³/mol. The van der Waals surface area contributed by atoms with Gasteiger partial charge < -0.3 is 10.6 Å². The SMILES string of the molecule is CC1(C(=O)NC2C3C4CCC(C4)C23)CCCN1. The summed E-state index contributed by atoms with van der Waals surface area (Å²) in [4.78, 5) is 12.3. The molecule has 5 atom stereocenters. The molecule has 3 aliphatic carbocycles. The van der Waals surface area contributed by atoms with Crippen molar-refractivity contribution >= 4 is 5.91 Å². The van der Waals surface area contributed by atoms with Gasteiger partial charge in [0, 0.05) is 6.04 Å². The molecule has 1 saturated heterocycles. The average molecular weight is 234 g/mol. The summed E-state index contributed by atoms with van der Waals surface area (Å²) in [5.41, 5.74) is -0.282. The summed E-state index contributed by atoms with van der Waals surface area (Å²) in [6.07, 6.45) is 6.43. The van der Waals surface area contributed by atoms with Crippen molar-refractivity contribution in [3.8, 4) is 0 Å². The van der Waals surface area contributed by atoms with Crippen LogP contribution in [0.3, 0.4) is 0 Å². The van der Waals surface area contributed by atoms with E-state index in [1.54, 1.807) is 0 Å². The lowest BCUT2D eigenvalue weighted by Gasteiger charge is -2.24. The van der Waals surface area contributed by atoms with Crippen molar-refractivity contribution in [2.75, 3.05) is 6.54 Å². The monoisotopic (exact) mass is 234 g/mol. The van der Waals surface area contributed by atoms with E-state index in [4.69, 9.17) is 0 Å². The van der Waals surface area contributed by atoms with Crippen molar-refractivity contribution in [1.82, 2.24) is 10.6 Å². The third-order valence-corrected chi connectivity index (χ3v) is 5.90. The van der Waals surface area contributed by atoms with Gasteiger partial charge in [-0.2, -0.15) is 0 Å². The van der Waals surface area contributed by atoms with Crippen LogP contribution in [0.1, 0.15) is 39.0 Å². The van der Waals surface area contributed by atoms with Crippen molar-refractivity contribution < 1.29 is 4.79 Å². The Hall–Kier alpha value is -0.570. The summed E-state index contributed by atoms with van der Waals surface area (Å²) in [6, 6.07) is 0.535. The highest BCUT2D eigenvalue weighted by Gasteiger charge is 2.65. The Bertz CT molecular complexity index is 345. The number of carbonyl (C=O) groups is 1. The van der Waals surface area contributed by atoms with Crippen molar-refractivity contribution in [3.63, 3.8) is 0 Å². The quantitative estimate of drug-likeness (QED) is 0.756. The summed E-state index contributed by atoms with van der Waals surface area (Å²) < 4.78 is 0. The maximum Gasteiger partial charge on any atom is 0.240 e. The minimum absolute atomic E-state index is 0.258. The highest BCUT2D eigenvalue weighted by Crippen LogP contribution is 2.65. The number of amides is 1. The Kier molecular flexibility index (Phi) is 1.98. The lowest BCUT2D eigenvalue weighted by Crippen LogP contribution is -2.52. The molecular weight excluding hydrogens is 212 g/mol. The smallest absolute Gasteiger partial charge is 0.240 e. The summed E-state index contributed by atoms with van der Waals surface area (Å²) in [7, 11) is 0. The molecule has 2 N–H and O–H groups in total. The number of nitrogens with one attached hydrogen (secondary N) is 2. The zero-order valence-electron chi connectivity index (χ0n) is 10.5. The largest absolute Gasteiger partial charge is 0.351 e. The fourth-order valence-electron chi connectivity index (χ4n) is 4.92. The molecule has 1 aliphatic heterocycles. The van der Waals surface area contributed by atoms with Gasteiger partial charge in [-0.1, -0.05) is 0 Å². The second-order valence-electron chi connectivity index (χ2n) is 6.85. The first-order valence-corrected chi connectivity index (χ1v) is 7.25. The Labute approximate surface area is 103 Å². The van der Waals surface area contributed by atoms with Crippen LogP contribution in [0.2, 0.25) is 0 Å². The van der Waals surface area contributed by atoms with Gasteiger partial charge in [0.05, 0.1) is 5.54 Å². The average Bonchev–Trinajstić information content (AvgIpc) is 2.78. The first-order chi connectivity index (χ1) is 8.19. The van der Waals surface area contributed by atoms with Crippen LogP contribution in [-0.2, 0) is 4.79 Å². The van der Waals surface area contributed by atoms with Gasteiger partial charge in [-0.3, -0.25) is 4.79 Å². The molecule has 4 rings (SSSR count). The van der Waals surface area contributed by atoms with Crippen molar-refractivity contribution in [1.29, 1.82) is 0 Å². The molecule has 3 saturated carbocycles. The normalized spacial score (nSPS) is 54.8. The predicted octanol–water partition coefficient (Wildman–Crippen LogP) is 1.29. The van der Waals surface area contributed by atoms with Crippen LogP contribution in [0.25, 0.3) is 0 Å². The Morgan fingerprint density at radius 3 is 2.59 bits per heavy atom. The van der Waals surface area contributed by atoms with E-state index in [1.807, 2.05) is 0 Å². The fourth-order valence-corrected chi connectivity index (χ4v) is 4.92. The van der Waals surface area contributed by atoms with Gasteiger partial charge in [-0.05, 0) is 69.2 Å². The van der Waals surface area contributed by atoms with Crippen LogP contribution in [0.5, 0.6) is 0 Å². The van der Waals surface area contributed by atoms with E-state index in [2.05, 4.69) is 17.6 Å². The second kappa shape index (κ2) is 3.25. The number of fused-ring (bicyclic) bond motifs is 5. The summed E-state index contributed by atoms with van der Waals surface area (Å²) in [5.74, 6) is 3.85. The zero-order valence-corrected chi connectivity index (χ0v) is 10.5. The lowest BCUT2D eigenvalue weighted by molar-refractivity contribution is -0.126. The lowest BCUT2D eigenvalue weighted by atomic mass is 9.98. The van der Waals surface area contributed by atoms with E-state index in [9.17, 15) is 4.79 Å². The zero-order chi connectivity index (χ0) is 11.6. The molecule has 4 aliphatic rings. The van der Waals surface area contributed by atoms with Gasteiger partial charge in [0.15, 0.2) is 0 Å². The van der Waals surface area contributed by atoms with Gasteiger partial charge in [0.2, 0.25) is 5.91 Å². The van der Waals surface area contributed by atoms with Crippen molar-refractivity contribution in [2.45, 2.75) is 50.6 Å². The van der Waals surface area contributed by atoms with E-state index >= 15 is 0 Å². The standard InChI is InChI=1S/C14H22N2O/c1-14(5-2-6-15-14)13(17)16-12-10-8-3-4-9(7-8)11(10)12/h8-12,15H,2-7H2,1H3,(H,16,17). The first kappa shape index (κ1) is 10.4. The van der Waals surface area contributed by atoms with Gasteiger partial charge in [0.25, 0.3) is 0 Å². The molecule has 2 bridgehead atoms. The van der Waals surface area contributed by atoms with Gasteiger partial charge in [-0.15, -0.1) is 0 Å². The molecule has 0 spiro atoms. The Morgan fingerprint density at radius 2 is 2.00 bits per heavy atom. The topological polar surface area (TPSA) is 41.1 Å². The van der Waals surface area contributed by atoms with E-state index in [0.29, 0.717) is 6.04 Å². The highest BCUT2D eigenvalue weighted by atomic mass is 16.2. The van der Waals surface area contributed by atoms with Crippen molar-refractivity contribution in [3.05, 3.63) is 0 Å². The van der Waals surface area contributed by atoms with Crippen LogP contribution in [0, 0.1) is 23.7 Å². The van der Waals surface area contributed by atoms with E-state index in [0.717, 1.165) is 43.1 Å². The highest BCUT2D eigenvalue weighted by molar-refractivity contribution is 5.86. The summed E-state index contributed by atoms with van der Waals surface area (Å²) in [6.45, 7) is 3.05. The third-order valence-electron chi connectivity index (χ3n) is 5.90. The molecule has 5 unspecified atom stereocenters. The number of hydrogen-bond donors (Lipinski definition) is 2. The number of rotatable bonds is 2. The number of hydrogen-bond acceptors (Lipinski definition) is 2. The summed E-state index contributed by atoms with van der Waals surface area (Å²) in [5, 5.41) is 6.70. The molecule has 4 fully saturated rings. The van der Waals surface area contributed by atoms with Crippen molar-refractivity contribution in [2.24, 2.45) is 23.7 Å². The maximum absolute atomic E-state index is 12.3. The minimum Gasteiger partial charge on any atom is -0.351 e. The van der Waals surface area contributed by atoms with Crippen LogP contribution in [0.4, 0.5) is 0 Å². The maximum atomic E-state index is 12.3. The molecule has 0 radical (unpaired) electrons. The number of carbonyl (C=O) groups excluding carboxylic acids is 1. The molecule has 0 aromatic rings. The molecule has 1 heterocycles. The van der Waals surface area contributed by atoms with Crippen LogP contribution < -0.4 is 10.6 Å². The van der Waals surface area contributed by atoms with Crippen LogP contribution in [-0.4, -0.2) is 24.0 Å². The van der Waals surface area contributed by atoms with Crippen LogP contribution in [0.15, 0.2) is 0 Å². The molecule has 0 aromatic carbocycles.